The van der Waals surface area contributed by atoms with Crippen LogP contribution in [0.5, 0.6) is 0 Å². The average Bonchev–Trinajstić information content (AvgIpc) is 2.87. The normalized spacial score (nSPS) is 19.1. The van der Waals surface area contributed by atoms with Crippen LogP contribution in [0.25, 0.3) is 0 Å². The Labute approximate surface area is 119 Å². The summed E-state index contributed by atoms with van der Waals surface area (Å²) in [6.45, 7) is 4.30. The third kappa shape index (κ3) is 3.45. The Hall–Kier alpha value is -1.68. The van der Waals surface area contributed by atoms with Crippen molar-refractivity contribution in [1.29, 1.82) is 0 Å². The fourth-order valence-corrected chi connectivity index (χ4v) is 2.79. The molecule has 1 saturated heterocycles. The lowest BCUT2D eigenvalue weighted by molar-refractivity contribution is 0.314. The Morgan fingerprint density at radius 3 is 3.15 bits per heavy atom. The van der Waals surface area contributed by atoms with Gasteiger partial charge in [-0.25, -0.2) is 0 Å². The maximum absolute atomic E-state index is 5.38. The van der Waals surface area contributed by atoms with Crippen LogP contribution >= 0.6 is 0 Å². The van der Waals surface area contributed by atoms with Crippen LogP contribution in [0.4, 0.5) is 0 Å². The number of rotatable bonds is 4. The smallest absolute Gasteiger partial charge is 0.226 e. The number of aromatic nitrogens is 2. The second-order valence-electron chi connectivity index (χ2n) is 5.69. The highest BCUT2D eigenvalue weighted by Crippen LogP contribution is 2.16. The van der Waals surface area contributed by atoms with Gasteiger partial charge in [0.2, 0.25) is 5.89 Å². The molecule has 1 unspecified atom stereocenters. The first-order chi connectivity index (χ1) is 9.79. The number of hydrogen-bond donors (Lipinski definition) is 1. The lowest BCUT2D eigenvalue weighted by Gasteiger charge is -2.20. The Balaban J connectivity index is 1.61. The predicted octanol–water partition coefficient (Wildman–Crippen LogP) is 2.51. The summed E-state index contributed by atoms with van der Waals surface area (Å²) in [6.07, 6.45) is 4.14. The van der Waals surface area contributed by atoms with Crippen molar-refractivity contribution in [2.24, 2.45) is 5.92 Å². The molecule has 1 aliphatic rings. The summed E-state index contributed by atoms with van der Waals surface area (Å²) in [6, 6.07) is 8.44. The van der Waals surface area contributed by atoms with Gasteiger partial charge in [0.1, 0.15) is 0 Å². The number of benzene rings is 1. The Morgan fingerprint density at radius 2 is 2.35 bits per heavy atom. The van der Waals surface area contributed by atoms with Crippen LogP contribution in [0.1, 0.15) is 35.7 Å². The van der Waals surface area contributed by atoms with Gasteiger partial charge in [-0.05, 0) is 44.3 Å². The van der Waals surface area contributed by atoms with Crippen LogP contribution in [0.2, 0.25) is 0 Å². The summed E-state index contributed by atoms with van der Waals surface area (Å²) in [5.41, 5.74) is 2.50. The van der Waals surface area contributed by atoms with Crippen molar-refractivity contribution in [2.45, 2.75) is 32.6 Å². The minimum absolute atomic E-state index is 0.635. The molecule has 4 heteroatoms. The van der Waals surface area contributed by atoms with Crippen LogP contribution in [-0.4, -0.2) is 23.2 Å². The van der Waals surface area contributed by atoms with Gasteiger partial charge in [0.25, 0.3) is 0 Å². The highest BCUT2D eigenvalue weighted by Gasteiger charge is 2.17. The van der Waals surface area contributed by atoms with Crippen molar-refractivity contribution >= 4 is 0 Å². The van der Waals surface area contributed by atoms with Crippen molar-refractivity contribution < 1.29 is 4.52 Å². The van der Waals surface area contributed by atoms with E-state index < -0.39 is 0 Å². The third-order valence-electron chi connectivity index (χ3n) is 3.82. The summed E-state index contributed by atoms with van der Waals surface area (Å²) in [4.78, 5) is 4.52. The molecule has 106 valence electrons. The number of nitrogens with one attached hydrogen (secondary N) is 1. The first-order valence-corrected chi connectivity index (χ1v) is 7.37. The van der Waals surface area contributed by atoms with E-state index in [-0.39, 0.29) is 0 Å². The van der Waals surface area contributed by atoms with Gasteiger partial charge in [0.15, 0.2) is 5.82 Å². The molecule has 0 bridgehead atoms. The van der Waals surface area contributed by atoms with Gasteiger partial charge in [-0.15, -0.1) is 0 Å². The Bertz CT molecular complexity index is 558. The first-order valence-electron chi connectivity index (χ1n) is 7.37. The largest absolute Gasteiger partial charge is 0.339 e. The number of piperidine rings is 1. The van der Waals surface area contributed by atoms with Crippen molar-refractivity contribution in [2.75, 3.05) is 13.1 Å². The monoisotopic (exact) mass is 271 g/mol. The fourth-order valence-electron chi connectivity index (χ4n) is 2.79. The molecule has 0 amide bonds. The van der Waals surface area contributed by atoms with E-state index in [0.717, 1.165) is 37.6 Å². The second-order valence-corrected chi connectivity index (χ2v) is 5.69. The van der Waals surface area contributed by atoms with E-state index in [2.05, 4.69) is 46.6 Å². The molecule has 0 saturated carbocycles. The molecule has 4 nitrogen and oxygen atoms in total. The summed E-state index contributed by atoms with van der Waals surface area (Å²) in [5.74, 6) is 2.20. The van der Waals surface area contributed by atoms with Crippen LogP contribution in [0.3, 0.4) is 0 Å². The molecule has 3 rings (SSSR count). The van der Waals surface area contributed by atoms with Gasteiger partial charge in [0, 0.05) is 12.8 Å². The highest BCUT2D eigenvalue weighted by molar-refractivity contribution is 5.24. The topological polar surface area (TPSA) is 51.0 Å². The summed E-state index contributed by atoms with van der Waals surface area (Å²) in [7, 11) is 0. The zero-order valence-electron chi connectivity index (χ0n) is 11.9. The zero-order valence-corrected chi connectivity index (χ0v) is 11.9. The fraction of sp³-hybridized carbons (Fsp3) is 0.500. The zero-order chi connectivity index (χ0) is 13.8. The first kappa shape index (κ1) is 13.3. The molecule has 20 heavy (non-hydrogen) atoms. The minimum atomic E-state index is 0.635. The molecule has 1 aromatic heterocycles. The molecule has 0 radical (unpaired) electrons. The Morgan fingerprint density at radius 1 is 1.40 bits per heavy atom. The van der Waals surface area contributed by atoms with E-state index in [0.29, 0.717) is 5.92 Å². The summed E-state index contributed by atoms with van der Waals surface area (Å²) >= 11 is 0. The molecule has 1 N–H and O–H groups in total. The molecular weight excluding hydrogens is 250 g/mol. The van der Waals surface area contributed by atoms with Crippen molar-refractivity contribution in [3.05, 3.63) is 47.1 Å². The number of hydrogen-bond acceptors (Lipinski definition) is 4. The maximum Gasteiger partial charge on any atom is 0.226 e. The lowest BCUT2D eigenvalue weighted by atomic mass is 9.96. The van der Waals surface area contributed by atoms with Gasteiger partial charge in [0.05, 0.1) is 0 Å². The summed E-state index contributed by atoms with van der Waals surface area (Å²) < 4.78 is 5.38. The Kier molecular flexibility index (Phi) is 4.11. The van der Waals surface area contributed by atoms with E-state index in [4.69, 9.17) is 4.52 Å². The van der Waals surface area contributed by atoms with Crippen molar-refractivity contribution in [1.82, 2.24) is 15.5 Å². The van der Waals surface area contributed by atoms with E-state index >= 15 is 0 Å². The van der Waals surface area contributed by atoms with Gasteiger partial charge in [-0.1, -0.05) is 35.0 Å². The number of nitrogens with zero attached hydrogens (tertiary/aromatic N) is 2. The van der Waals surface area contributed by atoms with Crippen LogP contribution < -0.4 is 5.32 Å². The van der Waals surface area contributed by atoms with E-state index in [9.17, 15) is 0 Å². The lowest BCUT2D eigenvalue weighted by Crippen LogP contribution is -2.30. The standard InChI is InChI=1S/C16H21N3O/c1-12-4-2-5-13(8-12)9-15-18-16(20-19-15)10-14-6-3-7-17-11-14/h2,4-5,8,14,17H,3,6-7,9-11H2,1H3. The van der Waals surface area contributed by atoms with Crippen LogP contribution in [-0.2, 0) is 12.8 Å². The minimum Gasteiger partial charge on any atom is -0.339 e. The van der Waals surface area contributed by atoms with Gasteiger partial charge >= 0.3 is 0 Å². The van der Waals surface area contributed by atoms with E-state index in [1.807, 2.05) is 0 Å². The highest BCUT2D eigenvalue weighted by atomic mass is 16.5. The van der Waals surface area contributed by atoms with Crippen molar-refractivity contribution in [3.63, 3.8) is 0 Å². The SMILES string of the molecule is Cc1cccc(Cc2noc(CC3CCCNC3)n2)c1. The predicted molar refractivity (Wildman–Crippen MR) is 77.6 cm³/mol. The van der Waals surface area contributed by atoms with Crippen LogP contribution in [0, 0.1) is 12.8 Å². The molecule has 1 aromatic carbocycles. The molecule has 0 spiro atoms. The van der Waals surface area contributed by atoms with Gasteiger partial charge in [-0.2, -0.15) is 4.98 Å². The molecule has 0 aliphatic carbocycles. The second kappa shape index (κ2) is 6.18. The molecule has 1 aliphatic heterocycles. The van der Waals surface area contributed by atoms with Gasteiger partial charge < -0.3 is 9.84 Å². The third-order valence-corrected chi connectivity index (χ3v) is 3.82. The molecular formula is C16H21N3O. The van der Waals surface area contributed by atoms with Crippen LogP contribution in [0.15, 0.2) is 28.8 Å². The molecule has 2 heterocycles. The maximum atomic E-state index is 5.38. The van der Waals surface area contributed by atoms with Crippen molar-refractivity contribution in [3.8, 4) is 0 Å². The molecule has 1 fully saturated rings. The molecule has 2 aromatic rings. The van der Waals surface area contributed by atoms with E-state index in [1.165, 1.54) is 24.0 Å². The van der Waals surface area contributed by atoms with Gasteiger partial charge in [-0.3, -0.25) is 0 Å². The van der Waals surface area contributed by atoms with E-state index in [1.54, 1.807) is 0 Å². The average molecular weight is 271 g/mol. The number of aryl methyl sites for hydroxylation is 1. The molecule has 1 atom stereocenters. The quantitative estimate of drug-likeness (QED) is 0.928. The summed E-state index contributed by atoms with van der Waals surface area (Å²) in [5, 5.41) is 7.52.